The number of fused-ring (bicyclic) bond motifs is 1. The first kappa shape index (κ1) is 10.3. The van der Waals surface area contributed by atoms with Crippen LogP contribution < -0.4 is 5.73 Å². The zero-order chi connectivity index (χ0) is 11.3. The van der Waals surface area contributed by atoms with Gasteiger partial charge < -0.3 is 5.73 Å². The van der Waals surface area contributed by atoms with E-state index in [1.54, 1.807) is 13.0 Å². The van der Waals surface area contributed by atoms with Crippen LogP contribution in [0.2, 0.25) is 0 Å². The monoisotopic (exact) mass is 219 g/mol. The summed E-state index contributed by atoms with van der Waals surface area (Å²) in [5.41, 5.74) is 8.09. The summed E-state index contributed by atoms with van der Waals surface area (Å²) < 4.78 is 13.2. The molecule has 2 aliphatic rings. The van der Waals surface area contributed by atoms with Crippen LogP contribution in [-0.4, -0.2) is 0 Å². The Labute approximate surface area is 95.8 Å². The third-order valence-electron chi connectivity index (χ3n) is 4.35. The van der Waals surface area contributed by atoms with Crippen molar-refractivity contribution in [3.63, 3.8) is 0 Å². The van der Waals surface area contributed by atoms with Gasteiger partial charge in [-0.15, -0.1) is 0 Å². The third kappa shape index (κ3) is 1.65. The number of hydrogen-bond donors (Lipinski definition) is 1. The zero-order valence-electron chi connectivity index (χ0n) is 9.62. The van der Waals surface area contributed by atoms with Crippen molar-refractivity contribution in [2.45, 2.75) is 32.2 Å². The lowest BCUT2D eigenvalue weighted by molar-refractivity contribution is 0.403. The molecule has 1 aromatic rings. The quantitative estimate of drug-likeness (QED) is 0.812. The number of halogens is 1. The summed E-state index contributed by atoms with van der Waals surface area (Å²) in [5, 5.41) is 0. The molecule has 0 amide bonds. The molecule has 0 heterocycles. The normalized spacial score (nSPS) is 33.6. The molecule has 3 atom stereocenters. The van der Waals surface area contributed by atoms with Gasteiger partial charge in [-0.05, 0) is 61.1 Å². The van der Waals surface area contributed by atoms with Gasteiger partial charge in [0, 0.05) is 6.04 Å². The van der Waals surface area contributed by atoms with Crippen molar-refractivity contribution in [1.29, 1.82) is 0 Å². The minimum Gasteiger partial charge on any atom is -0.324 e. The Morgan fingerprint density at radius 1 is 1.25 bits per heavy atom. The van der Waals surface area contributed by atoms with Crippen molar-refractivity contribution in [2.24, 2.45) is 23.5 Å². The van der Waals surface area contributed by atoms with Crippen molar-refractivity contribution in [3.8, 4) is 0 Å². The molecular formula is C14H18FN. The van der Waals surface area contributed by atoms with Crippen LogP contribution in [0.25, 0.3) is 0 Å². The van der Waals surface area contributed by atoms with Gasteiger partial charge in [0.2, 0.25) is 0 Å². The fourth-order valence-electron chi connectivity index (χ4n) is 3.20. The highest BCUT2D eigenvalue weighted by Gasteiger charge is 2.47. The predicted molar refractivity (Wildman–Crippen MR) is 62.4 cm³/mol. The van der Waals surface area contributed by atoms with E-state index in [0.29, 0.717) is 11.5 Å². The smallest absolute Gasteiger partial charge is 0.126 e. The fourth-order valence-corrected chi connectivity index (χ4v) is 3.20. The summed E-state index contributed by atoms with van der Waals surface area (Å²) in [6, 6.07) is 5.40. The summed E-state index contributed by atoms with van der Waals surface area (Å²) in [6.07, 6.45) is 3.98. The summed E-state index contributed by atoms with van der Waals surface area (Å²) in [4.78, 5) is 0. The maximum absolute atomic E-state index is 13.2. The van der Waals surface area contributed by atoms with Gasteiger partial charge in [-0.2, -0.15) is 0 Å². The first-order valence-corrected chi connectivity index (χ1v) is 6.17. The molecule has 3 rings (SSSR count). The standard InChI is InChI=1S/C14H18FN/c1-8-4-9(2-3-13(8)15)14(16)12-6-10-5-11(10)7-12/h2-4,10-12,14H,5-7,16H2,1H3. The molecule has 3 unspecified atom stereocenters. The van der Waals surface area contributed by atoms with E-state index < -0.39 is 0 Å². The second-order valence-electron chi connectivity index (χ2n) is 5.52. The minimum atomic E-state index is -0.134. The van der Waals surface area contributed by atoms with Gasteiger partial charge >= 0.3 is 0 Å². The number of hydrogen-bond acceptors (Lipinski definition) is 1. The lowest BCUT2D eigenvalue weighted by Crippen LogP contribution is -2.20. The lowest BCUT2D eigenvalue weighted by Gasteiger charge is -2.21. The van der Waals surface area contributed by atoms with Gasteiger partial charge in [0.25, 0.3) is 0 Å². The number of aryl methyl sites for hydroxylation is 1. The molecule has 16 heavy (non-hydrogen) atoms. The molecule has 2 saturated carbocycles. The topological polar surface area (TPSA) is 26.0 Å². The minimum absolute atomic E-state index is 0.104. The van der Waals surface area contributed by atoms with E-state index >= 15 is 0 Å². The van der Waals surface area contributed by atoms with E-state index in [2.05, 4.69) is 0 Å². The largest absolute Gasteiger partial charge is 0.324 e. The molecule has 0 bridgehead atoms. The molecule has 0 saturated heterocycles. The molecule has 1 nitrogen and oxygen atoms in total. The Bertz CT molecular complexity index is 405. The van der Waals surface area contributed by atoms with Gasteiger partial charge in [0.1, 0.15) is 5.82 Å². The van der Waals surface area contributed by atoms with Gasteiger partial charge in [0.15, 0.2) is 0 Å². The molecule has 0 radical (unpaired) electrons. The van der Waals surface area contributed by atoms with Crippen molar-refractivity contribution >= 4 is 0 Å². The molecule has 0 aliphatic heterocycles. The second kappa shape index (κ2) is 3.56. The molecule has 1 aromatic carbocycles. The number of rotatable bonds is 2. The van der Waals surface area contributed by atoms with E-state index in [1.165, 1.54) is 19.3 Å². The van der Waals surface area contributed by atoms with Crippen LogP contribution in [0.4, 0.5) is 4.39 Å². The van der Waals surface area contributed by atoms with Gasteiger partial charge in [-0.25, -0.2) is 4.39 Å². The number of benzene rings is 1. The summed E-state index contributed by atoms with van der Waals surface area (Å²) in [5.74, 6) is 2.40. The Hall–Kier alpha value is -0.890. The maximum atomic E-state index is 13.2. The molecule has 86 valence electrons. The molecule has 0 aromatic heterocycles. The fraction of sp³-hybridized carbons (Fsp3) is 0.571. The molecular weight excluding hydrogens is 201 g/mol. The molecule has 2 fully saturated rings. The van der Waals surface area contributed by atoms with Crippen molar-refractivity contribution in [1.82, 2.24) is 0 Å². The van der Waals surface area contributed by atoms with E-state index in [9.17, 15) is 4.39 Å². The van der Waals surface area contributed by atoms with Gasteiger partial charge in [-0.3, -0.25) is 0 Å². The van der Waals surface area contributed by atoms with Crippen LogP contribution in [0.5, 0.6) is 0 Å². The van der Waals surface area contributed by atoms with Gasteiger partial charge in [0.05, 0.1) is 0 Å². The van der Waals surface area contributed by atoms with E-state index in [0.717, 1.165) is 17.4 Å². The van der Waals surface area contributed by atoms with E-state index in [-0.39, 0.29) is 11.9 Å². The molecule has 2 N–H and O–H groups in total. The Morgan fingerprint density at radius 2 is 1.94 bits per heavy atom. The molecule has 2 heteroatoms. The Morgan fingerprint density at radius 3 is 2.56 bits per heavy atom. The molecule has 2 aliphatic carbocycles. The summed E-state index contributed by atoms with van der Waals surface area (Å²) in [6.45, 7) is 1.80. The van der Waals surface area contributed by atoms with Crippen LogP contribution in [0.3, 0.4) is 0 Å². The Balaban J connectivity index is 1.77. The average Bonchev–Trinajstić information content (AvgIpc) is 2.89. The van der Waals surface area contributed by atoms with Crippen LogP contribution in [0.1, 0.15) is 36.4 Å². The third-order valence-corrected chi connectivity index (χ3v) is 4.35. The van der Waals surface area contributed by atoms with Crippen molar-refractivity contribution < 1.29 is 4.39 Å². The van der Waals surface area contributed by atoms with Crippen LogP contribution in [-0.2, 0) is 0 Å². The first-order valence-electron chi connectivity index (χ1n) is 6.17. The predicted octanol–water partition coefficient (Wildman–Crippen LogP) is 3.18. The van der Waals surface area contributed by atoms with E-state index in [4.69, 9.17) is 5.73 Å². The molecule has 0 spiro atoms. The van der Waals surface area contributed by atoms with Crippen LogP contribution >= 0.6 is 0 Å². The SMILES string of the molecule is Cc1cc(C(N)C2CC3CC3C2)ccc1F. The van der Waals surface area contributed by atoms with Gasteiger partial charge in [-0.1, -0.05) is 12.1 Å². The highest BCUT2D eigenvalue weighted by molar-refractivity contribution is 5.27. The second-order valence-corrected chi connectivity index (χ2v) is 5.52. The average molecular weight is 219 g/mol. The lowest BCUT2D eigenvalue weighted by atomic mass is 9.89. The van der Waals surface area contributed by atoms with Crippen molar-refractivity contribution in [2.75, 3.05) is 0 Å². The highest BCUT2D eigenvalue weighted by atomic mass is 19.1. The highest BCUT2D eigenvalue weighted by Crippen LogP contribution is 2.56. The Kier molecular flexibility index (Phi) is 2.28. The van der Waals surface area contributed by atoms with Crippen molar-refractivity contribution in [3.05, 3.63) is 35.1 Å². The summed E-state index contributed by atoms with van der Waals surface area (Å²) in [7, 11) is 0. The zero-order valence-corrected chi connectivity index (χ0v) is 9.62. The summed E-state index contributed by atoms with van der Waals surface area (Å²) >= 11 is 0. The number of nitrogens with two attached hydrogens (primary N) is 1. The maximum Gasteiger partial charge on any atom is 0.126 e. The van der Waals surface area contributed by atoms with Crippen LogP contribution in [0, 0.1) is 30.5 Å². The van der Waals surface area contributed by atoms with E-state index in [1.807, 2.05) is 12.1 Å². The van der Waals surface area contributed by atoms with Crippen LogP contribution in [0.15, 0.2) is 18.2 Å². The first-order chi connectivity index (χ1) is 7.65.